The van der Waals surface area contributed by atoms with Crippen LogP contribution in [-0.2, 0) is 0 Å². The van der Waals surface area contributed by atoms with Gasteiger partial charge in [0, 0.05) is 16.5 Å². The second-order valence-corrected chi connectivity index (χ2v) is 6.92. The molecule has 0 atom stereocenters. The minimum atomic E-state index is -1.44. The lowest BCUT2D eigenvalue weighted by atomic mass is 9.80. The van der Waals surface area contributed by atoms with Crippen LogP contribution in [0.4, 0.5) is 0 Å². The summed E-state index contributed by atoms with van der Waals surface area (Å²) in [7, 11) is -1.44. The zero-order chi connectivity index (χ0) is 19.1. The van der Waals surface area contributed by atoms with Crippen molar-refractivity contribution >= 4 is 34.4 Å². The van der Waals surface area contributed by atoms with Crippen molar-refractivity contribution in [1.29, 1.82) is 0 Å². The van der Waals surface area contributed by atoms with E-state index in [1.807, 2.05) is 18.2 Å². The number of para-hydroxylation sites is 2. The Morgan fingerprint density at radius 2 is 1.21 bits per heavy atom. The van der Waals surface area contributed by atoms with Gasteiger partial charge in [0.15, 0.2) is 0 Å². The molecule has 3 nitrogen and oxygen atoms in total. The summed E-state index contributed by atoms with van der Waals surface area (Å²) in [6, 6.07) is 32.7. The highest BCUT2D eigenvalue weighted by Gasteiger charge is 2.14. The van der Waals surface area contributed by atoms with Gasteiger partial charge in [-0.3, -0.25) is 0 Å². The summed E-state index contributed by atoms with van der Waals surface area (Å²) in [6.07, 6.45) is 0. The van der Waals surface area contributed by atoms with Crippen molar-refractivity contribution in [1.82, 2.24) is 4.57 Å². The highest BCUT2D eigenvalue weighted by molar-refractivity contribution is 6.58. The number of rotatable bonds is 3. The Hall–Kier alpha value is -3.34. The zero-order valence-electron chi connectivity index (χ0n) is 15.2. The zero-order valence-corrected chi connectivity index (χ0v) is 15.2. The Kier molecular flexibility index (Phi) is 4.01. The van der Waals surface area contributed by atoms with Gasteiger partial charge in [-0.05, 0) is 46.9 Å². The molecule has 5 rings (SSSR count). The number of nitrogens with zero attached hydrogens (tertiary/aromatic N) is 1. The highest BCUT2D eigenvalue weighted by atomic mass is 16.4. The molecular formula is C24H18BNO2. The van der Waals surface area contributed by atoms with Gasteiger partial charge in [-0.1, -0.05) is 66.7 Å². The summed E-state index contributed by atoms with van der Waals surface area (Å²) in [6.45, 7) is 0. The second kappa shape index (κ2) is 6.68. The summed E-state index contributed by atoms with van der Waals surface area (Å²) in [5.74, 6) is 0. The number of fused-ring (bicyclic) bond motifs is 3. The van der Waals surface area contributed by atoms with E-state index >= 15 is 0 Å². The van der Waals surface area contributed by atoms with Crippen LogP contribution in [0.1, 0.15) is 0 Å². The lowest BCUT2D eigenvalue weighted by Crippen LogP contribution is -2.29. The first-order valence-corrected chi connectivity index (χ1v) is 9.27. The lowest BCUT2D eigenvalue weighted by Gasteiger charge is -2.08. The maximum atomic E-state index is 9.31. The first-order valence-electron chi connectivity index (χ1n) is 9.27. The first-order chi connectivity index (χ1) is 13.7. The van der Waals surface area contributed by atoms with Gasteiger partial charge in [0.1, 0.15) is 0 Å². The van der Waals surface area contributed by atoms with Crippen molar-refractivity contribution < 1.29 is 10.0 Å². The Morgan fingerprint density at radius 1 is 0.571 bits per heavy atom. The number of benzene rings is 4. The molecule has 0 amide bonds. The molecule has 4 heteroatoms. The molecule has 2 N–H and O–H groups in total. The van der Waals surface area contributed by atoms with Crippen LogP contribution in [0.2, 0.25) is 0 Å². The van der Waals surface area contributed by atoms with Crippen LogP contribution in [0.5, 0.6) is 0 Å². The molecule has 0 saturated carbocycles. The van der Waals surface area contributed by atoms with Crippen LogP contribution in [0, 0.1) is 0 Å². The SMILES string of the molecule is OB(O)c1ccc(-c2ccc3c(c2)c2ccccc2n3-c2ccccc2)cc1. The minimum Gasteiger partial charge on any atom is -0.423 e. The van der Waals surface area contributed by atoms with Crippen LogP contribution in [-0.4, -0.2) is 21.7 Å². The summed E-state index contributed by atoms with van der Waals surface area (Å²) >= 11 is 0. The standard InChI is InChI=1S/C24H18BNO2/c27-25(28)19-13-10-17(11-14-19)18-12-15-24-22(16-18)21-8-4-5-9-23(21)26(24)20-6-2-1-3-7-20/h1-16,27-28H. The maximum Gasteiger partial charge on any atom is 0.488 e. The van der Waals surface area contributed by atoms with Gasteiger partial charge < -0.3 is 14.6 Å². The predicted molar refractivity (Wildman–Crippen MR) is 116 cm³/mol. The van der Waals surface area contributed by atoms with Crippen molar-refractivity contribution in [3.05, 3.63) is 97.1 Å². The van der Waals surface area contributed by atoms with Crippen LogP contribution in [0.15, 0.2) is 97.1 Å². The fourth-order valence-corrected chi connectivity index (χ4v) is 3.86. The van der Waals surface area contributed by atoms with Crippen molar-refractivity contribution in [3.63, 3.8) is 0 Å². The fourth-order valence-electron chi connectivity index (χ4n) is 3.86. The average Bonchev–Trinajstić information content (AvgIpc) is 3.08. The van der Waals surface area contributed by atoms with E-state index in [1.165, 1.54) is 21.8 Å². The fraction of sp³-hybridized carbons (Fsp3) is 0. The second-order valence-electron chi connectivity index (χ2n) is 6.92. The van der Waals surface area contributed by atoms with Crippen LogP contribution < -0.4 is 5.46 Å². The Balaban J connectivity index is 1.73. The van der Waals surface area contributed by atoms with Gasteiger partial charge in [-0.25, -0.2) is 0 Å². The molecule has 0 aliphatic rings. The van der Waals surface area contributed by atoms with Crippen LogP contribution in [0.25, 0.3) is 38.6 Å². The van der Waals surface area contributed by atoms with E-state index < -0.39 is 7.12 Å². The van der Waals surface area contributed by atoms with E-state index in [-0.39, 0.29) is 0 Å². The predicted octanol–water partition coefficient (Wildman–Crippen LogP) is 4.13. The minimum absolute atomic E-state index is 0.491. The summed E-state index contributed by atoms with van der Waals surface area (Å²) in [5, 5.41) is 21.0. The molecule has 4 aromatic carbocycles. The third kappa shape index (κ3) is 2.71. The van der Waals surface area contributed by atoms with Crippen molar-refractivity contribution in [2.24, 2.45) is 0 Å². The molecule has 28 heavy (non-hydrogen) atoms. The number of hydrogen-bond donors (Lipinski definition) is 2. The Labute approximate surface area is 163 Å². The van der Waals surface area contributed by atoms with Crippen LogP contribution in [0.3, 0.4) is 0 Å². The lowest BCUT2D eigenvalue weighted by molar-refractivity contribution is 0.426. The van der Waals surface area contributed by atoms with E-state index in [0.717, 1.165) is 16.8 Å². The Bertz CT molecular complexity index is 1280. The number of aromatic nitrogens is 1. The molecule has 0 spiro atoms. The van der Waals surface area contributed by atoms with E-state index in [1.54, 1.807) is 12.1 Å². The van der Waals surface area contributed by atoms with Gasteiger partial charge in [-0.15, -0.1) is 0 Å². The van der Waals surface area contributed by atoms with E-state index in [9.17, 15) is 10.0 Å². The van der Waals surface area contributed by atoms with E-state index in [2.05, 4.69) is 71.3 Å². The molecule has 0 unspecified atom stereocenters. The molecule has 0 saturated heterocycles. The van der Waals surface area contributed by atoms with Crippen molar-refractivity contribution in [2.75, 3.05) is 0 Å². The van der Waals surface area contributed by atoms with Gasteiger partial charge in [0.05, 0.1) is 11.0 Å². The largest absolute Gasteiger partial charge is 0.488 e. The normalized spacial score (nSPS) is 11.2. The van der Waals surface area contributed by atoms with Gasteiger partial charge in [0.2, 0.25) is 0 Å². The molecule has 134 valence electrons. The molecule has 0 bridgehead atoms. The monoisotopic (exact) mass is 363 g/mol. The summed E-state index contributed by atoms with van der Waals surface area (Å²) in [4.78, 5) is 0. The summed E-state index contributed by atoms with van der Waals surface area (Å²) in [5.41, 5.74) is 6.12. The molecule has 1 heterocycles. The highest BCUT2D eigenvalue weighted by Crippen LogP contribution is 2.34. The number of hydrogen-bond acceptors (Lipinski definition) is 2. The maximum absolute atomic E-state index is 9.31. The molecule has 0 aliphatic carbocycles. The average molecular weight is 363 g/mol. The molecule has 0 fully saturated rings. The van der Waals surface area contributed by atoms with Crippen molar-refractivity contribution in [3.8, 4) is 16.8 Å². The summed E-state index contributed by atoms with van der Waals surface area (Å²) < 4.78 is 2.29. The molecule has 1 aromatic heterocycles. The third-order valence-corrected chi connectivity index (χ3v) is 5.23. The van der Waals surface area contributed by atoms with Gasteiger partial charge in [0.25, 0.3) is 0 Å². The van der Waals surface area contributed by atoms with Crippen LogP contribution >= 0.6 is 0 Å². The van der Waals surface area contributed by atoms with Gasteiger partial charge >= 0.3 is 7.12 Å². The topological polar surface area (TPSA) is 45.4 Å². The Morgan fingerprint density at radius 3 is 1.96 bits per heavy atom. The van der Waals surface area contributed by atoms with Gasteiger partial charge in [-0.2, -0.15) is 0 Å². The molecule has 5 aromatic rings. The molecule has 0 radical (unpaired) electrons. The van der Waals surface area contributed by atoms with E-state index in [4.69, 9.17) is 0 Å². The van der Waals surface area contributed by atoms with Crippen molar-refractivity contribution in [2.45, 2.75) is 0 Å². The quantitative estimate of drug-likeness (QED) is 0.474. The first kappa shape index (κ1) is 16.8. The third-order valence-electron chi connectivity index (χ3n) is 5.23. The smallest absolute Gasteiger partial charge is 0.423 e. The van der Waals surface area contributed by atoms with E-state index in [0.29, 0.717) is 5.46 Å². The molecule has 0 aliphatic heterocycles. The molecular weight excluding hydrogens is 345 g/mol.